The molecule has 4 aliphatic carbocycles. The second-order valence-electron chi connectivity index (χ2n) is 10.9. The fourth-order valence-corrected chi connectivity index (χ4v) is 7.62. The smallest absolute Gasteiger partial charge is 0.413 e. The lowest BCUT2D eigenvalue weighted by Crippen LogP contribution is -2.61. The van der Waals surface area contributed by atoms with Gasteiger partial charge in [0.25, 0.3) is 0 Å². The number of pyridine rings is 1. The van der Waals surface area contributed by atoms with Crippen LogP contribution in [0.3, 0.4) is 0 Å². The zero-order valence-corrected chi connectivity index (χ0v) is 20.1. The van der Waals surface area contributed by atoms with Gasteiger partial charge in [0.15, 0.2) is 12.4 Å². The Bertz CT molecular complexity index is 1120. The number of rotatable bonds is 4. The van der Waals surface area contributed by atoms with Crippen molar-refractivity contribution in [1.82, 2.24) is 4.98 Å². The second-order valence-corrected chi connectivity index (χ2v) is 10.9. The Morgan fingerprint density at radius 2 is 2.06 bits per heavy atom. The SMILES string of the molecule is CC12C=CC(=O)C=C1CCC1C2C(O)CC2(C)C1CC[C@]2(O)C(=O)COC(=O)Nc1ccccn1. The van der Waals surface area contributed by atoms with Crippen molar-refractivity contribution in [3.05, 3.63) is 48.2 Å². The number of carbonyl (C=O) groups is 3. The molecule has 0 aliphatic heterocycles. The van der Waals surface area contributed by atoms with Crippen LogP contribution in [0.2, 0.25) is 0 Å². The number of aromatic nitrogens is 1. The van der Waals surface area contributed by atoms with Gasteiger partial charge in [-0.25, -0.2) is 9.78 Å². The third kappa shape index (κ3) is 3.65. The molecular weight excluding hydrogens is 448 g/mol. The number of amides is 1. The zero-order chi connectivity index (χ0) is 25.0. The predicted molar refractivity (Wildman–Crippen MR) is 127 cm³/mol. The zero-order valence-electron chi connectivity index (χ0n) is 20.1. The number of aliphatic hydroxyl groups excluding tert-OH is 1. The normalized spacial score (nSPS) is 39.7. The number of nitrogens with zero attached hydrogens (tertiary/aromatic N) is 1. The average molecular weight is 481 g/mol. The molecule has 3 N–H and O–H groups in total. The number of ether oxygens (including phenoxy) is 1. The minimum Gasteiger partial charge on any atom is -0.441 e. The molecule has 0 saturated heterocycles. The molecule has 7 atom stereocenters. The minimum absolute atomic E-state index is 0.0148. The molecule has 3 fully saturated rings. The first-order valence-corrected chi connectivity index (χ1v) is 12.3. The van der Waals surface area contributed by atoms with Gasteiger partial charge in [-0.1, -0.05) is 31.6 Å². The topological polar surface area (TPSA) is 126 Å². The quantitative estimate of drug-likeness (QED) is 0.604. The Hall–Kier alpha value is -2.84. The number of nitrogens with one attached hydrogen (secondary N) is 1. The molecule has 8 nitrogen and oxygen atoms in total. The van der Waals surface area contributed by atoms with E-state index in [4.69, 9.17) is 4.74 Å². The van der Waals surface area contributed by atoms with Gasteiger partial charge in [0, 0.05) is 22.9 Å². The third-order valence-electron chi connectivity index (χ3n) is 9.34. The van der Waals surface area contributed by atoms with E-state index in [1.807, 2.05) is 13.0 Å². The highest BCUT2D eigenvalue weighted by Crippen LogP contribution is 2.67. The van der Waals surface area contributed by atoms with Gasteiger partial charge in [0.1, 0.15) is 11.4 Å². The van der Waals surface area contributed by atoms with Crippen LogP contribution in [-0.2, 0) is 14.3 Å². The molecule has 6 unspecified atom stereocenters. The maximum atomic E-state index is 13.3. The molecule has 5 rings (SSSR count). The highest BCUT2D eigenvalue weighted by atomic mass is 16.6. The molecule has 0 radical (unpaired) electrons. The van der Waals surface area contributed by atoms with E-state index >= 15 is 0 Å². The van der Waals surface area contributed by atoms with Gasteiger partial charge in [0.05, 0.1) is 6.10 Å². The Morgan fingerprint density at radius 1 is 1.26 bits per heavy atom. The van der Waals surface area contributed by atoms with E-state index in [0.717, 1.165) is 18.4 Å². The first-order chi connectivity index (χ1) is 16.6. The third-order valence-corrected chi connectivity index (χ3v) is 9.34. The van der Waals surface area contributed by atoms with Gasteiger partial charge in [-0.05, 0) is 68.2 Å². The molecule has 0 aromatic carbocycles. The highest BCUT2D eigenvalue weighted by molar-refractivity contribution is 6.01. The van der Waals surface area contributed by atoms with Crippen LogP contribution in [0, 0.1) is 28.6 Å². The Labute approximate surface area is 204 Å². The highest BCUT2D eigenvalue weighted by Gasteiger charge is 2.68. The van der Waals surface area contributed by atoms with Crippen LogP contribution in [0.1, 0.15) is 46.0 Å². The van der Waals surface area contributed by atoms with E-state index in [1.54, 1.807) is 30.4 Å². The summed E-state index contributed by atoms with van der Waals surface area (Å²) in [5.41, 5.74) is -1.87. The van der Waals surface area contributed by atoms with Crippen LogP contribution in [0.25, 0.3) is 0 Å². The van der Waals surface area contributed by atoms with Crippen LogP contribution >= 0.6 is 0 Å². The van der Waals surface area contributed by atoms with Crippen LogP contribution in [0.4, 0.5) is 10.6 Å². The molecule has 1 aromatic heterocycles. The number of fused-ring (bicyclic) bond motifs is 5. The van der Waals surface area contributed by atoms with Crippen LogP contribution < -0.4 is 5.32 Å². The van der Waals surface area contributed by atoms with E-state index in [1.165, 1.54) is 6.20 Å². The van der Waals surface area contributed by atoms with Crippen molar-refractivity contribution in [2.45, 2.75) is 57.7 Å². The molecule has 1 heterocycles. The number of anilines is 1. The van der Waals surface area contributed by atoms with Gasteiger partial charge >= 0.3 is 6.09 Å². The molecule has 1 amide bonds. The average Bonchev–Trinajstić information content (AvgIpc) is 3.09. The van der Waals surface area contributed by atoms with Gasteiger partial charge in [-0.15, -0.1) is 0 Å². The standard InChI is InChI=1S/C27H32N2O6/c1-25-10-8-17(30)13-16(25)6-7-18-19-9-11-27(34,26(19,2)14-20(31)23(18)25)21(32)15-35-24(33)29-22-5-3-4-12-28-22/h3-5,8,10,12-13,18-20,23,31,34H,6-7,9,11,14-15H2,1-2H3,(H,28,29,33)/t18?,19?,20?,23?,25?,26?,27-/m0/s1. The lowest BCUT2D eigenvalue weighted by atomic mass is 9.46. The Balaban J connectivity index is 1.33. The fraction of sp³-hybridized carbons (Fsp3) is 0.556. The lowest BCUT2D eigenvalue weighted by Gasteiger charge is -2.59. The van der Waals surface area contributed by atoms with Crippen molar-refractivity contribution in [3.63, 3.8) is 0 Å². The molecule has 35 heavy (non-hydrogen) atoms. The largest absolute Gasteiger partial charge is 0.441 e. The fourth-order valence-electron chi connectivity index (χ4n) is 7.62. The number of carbonyl (C=O) groups excluding carboxylic acids is 3. The van der Waals surface area contributed by atoms with E-state index in [-0.39, 0.29) is 36.4 Å². The lowest BCUT2D eigenvalue weighted by molar-refractivity contribution is -0.178. The molecule has 8 heteroatoms. The van der Waals surface area contributed by atoms with Crippen LogP contribution in [0.15, 0.2) is 48.2 Å². The summed E-state index contributed by atoms with van der Waals surface area (Å²) in [7, 11) is 0. The Morgan fingerprint density at radius 3 is 2.80 bits per heavy atom. The summed E-state index contributed by atoms with van der Waals surface area (Å²) in [4.78, 5) is 41.4. The number of aliphatic hydroxyl groups is 2. The van der Waals surface area contributed by atoms with Crippen molar-refractivity contribution in [3.8, 4) is 0 Å². The monoisotopic (exact) mass is 480 g/mol. The minimum atomic E-state index is -1.69. The van der Waals surface area contributed by atoms with E-state index < -0.39 is 41.0 Å². The Kier molecular flexibility index (Phi) is 5.72. The van der Waals surface area contributed by atoms with Crippen molar-refractivity contribution in [2.24, 2.45) is 28.6 Å². The molecule has 4 aliphatic rings. The van der Waals surface area contributed by atoms with Crippen molar-refractivity contribution in [2.75, 3.05) is 11.9 Å². The molecule has 3 saturated carbocycles. The van der Waals surface area contributed by atoms with Crippen LogP contribution in [0.5, 0.6) is 0 Å². The number of allylic oxidation sites excluding steroid dienone is 4. The number of hydrogen-bond donors (Lipinski definition) is 3. The molecule has 0 bridgehead atoms. The summed E-state index contributed by atoms with van der Waals surface area (Å²) < 4.78 is 5.13. The van der Waals surface area contributed by atoms with E-state index in [9.17, 15) is 24.6 Å². The van der Waals surface area contributed by atoms with Crippen molar-refractivity contribution >= 4 is 23.5 Å². The first-order valence-electron chi connectivity index (χ1n) is 12.3. The number of ketones is 2. The second kappa shape index (κ2) is 8.38. The molecular formula is C27H32N2O6. The maximum absolute atomic E-state index is 13.3. The van der Waals surface area contributed by atoms with Gasteiger partial charge < -0.3 is 14.9 Å². The summed E-state index contributed by atoms with van der Waals surface area (Å²) in [6.07, 6.45) is 7.96. The van der Waals surface area contributed by atoms with Gasteiger partial charge in [0.2, 0.25) is 5.78 Å². The predicted octanol–water partition coefficient (Wildman–Crippen LogP) is 3.21. The summed E-state index contributed by atoms with van der Waals surface area (Å²) in [6.45, 7) is 3.42. The van der Waals surface area contributed by atoms with Crippen LogP contribution in [-0.4, -0.2) is 51.2 Å². The van der Waals surface area contributed by atoms with Gasteiger partial charge in [-0.2, -0.15) is 0 Å². The number of hydrogen-bond acceptors (Lipinski definition) is 7. The van der Waals surface area contributed by atoms with Crippen molar-refractivity contribution in [1.29, 1.82) is 0 Å². The van der Waals surface area contributed by atoms with E-state index in [2.05, 4.69) is 17.2 Å². The summed E-state index contributed by atoms with van der Waals surface area (Å²) in [5.74, 6) is -0.192. The van der Waals surface area contributed by atoms with Crippen molar-refractivity contribution < 1.29 is 29.3 Å². The summed E-state index contributed by atoms with van der Waals surface area (Å²) >= 11 is 0. The summed E-state index contributed by atoms with van der Waals surface area (Å²) in [5, 5.41) is 25.6. The first kappa shape index (κ1) is 23.9. The number of Topliss-reactive ketones (excluding diaryl/α,β-unsaturated/α-hetero) is 1. The molecule has 186 valence electrons. The molecule has 1 aromatic rings. The van der Waals surface area contributed by atoms with Gasteiger partial charge in [-0.3, -0.25) is 14.9 Å². The molecule has 0 spiro atoms. The van der Waals surface area contributed by atoms with E-state index in [0.29, 0.717) is 12.2 Å². The maximum Gasteiger partial charge on any atom is 0.413 e. The summed E-state index contributed by atoms with van der Waals surface area (Å²) in [6, 6.07) is 5.02.